The van der Waals surface area contributed by atoms with Crippen LogP contribution in [0.5, 0.6) is 0 Å². The Kier molecular flexibility index (Phi) is 8.14. The number of carboxylic acids is 1. The number of rotatable bonds is 9. The Bertz CT molecular complexity index is 639. The molecule has 5 nitrogen and oxygen atoms in total. The largest absolute Gasteiger partial charge is 0.550 e. The van der Waals surface area contributed by atoms with Crippen LogP contribution in [0.25, 0.3) is 0 Å². The van der Waals surface area contributed by atoms with Crippen LogP contribution in [0.2, 0.25) is 0 Å². The number of aliphatic carboxylic acids is 1. The SMILES string of the molecule is O=C([O-])CCCCCCCC(=O)N1CCN(c2ccc(C(F)(F)F)cc2)CC1. The van der Waals surface area contributed by atoms with E-state index >= 15 is 0 Å². The number of anilines is 1. The fraction of sp³-hybridized carbons (Fsp3) is 0.600. The number of hydrogen-bond donors (Lipinski definition) is 0. The summed E-state index contributed by atoms with van der Waals surface area (Å²) >= 11 is 0. The quantitative estimate of drug-likeness (QED) is 0.599. The number of halogens is 3. The normalized spacial score (nSPS) is 15.0. The second-order valence-corrected chi connectivity index (χ2v) is 7.05. The molecule has 1 aromatic carbocycles. The number of benzene rings is 1. The van der Waals surface area contributed by atoms with Crippen molar-refractivity contribution in [2.75, 3.05) is 31.1 Å². The molecule has 1 saturated heterocycles. The zero-order valence-electron chi connectivity index (χ0n) is 15.8. The molecular weight excluding hydrogens is 373 g/mol. The number of nitrogens with zero attached hydrogens (tertiary/aromatic N) is 2. The first-order valence-electron chi connectivity index (χ1n) is 9.67. The maximum absolute atomic E-state index is 12.6. The lowest BCUT2D eigenvalue weighted by atomic mass is 10.1. The van der Waals surface area contributed by atoms with Crippen LogP contribution in [-0.2, 0) is 15.8 Å². The number of amides is 1. The van der Waals surface area contributed by atoms with Crippen molar-refractivity contribution in [2.45, 2.75) is 51.1 Å². The van der Waals surface area contributed by atoms with Crippen molar-refractivity contribution in [3.05, 3.63) is 29.8 Å². The average molecular weight is 399 g/mol. The molecule has 28 heavy (non-hydrogen) atoms. The molecule has 0 aromatic heterocycles. The van der Waals surface area contributed by atoms with E-state index in [1.807, 2.05) is 4.90 Å². The predicted molar refractivity (Wildman–Crippen MR) is 97.6 cm³/mol. The lowest BCUT2D eigenvalue weighted by Gasteiger charge is -2.36. The highest BCUT2D eigenvalue weighted by atomic mass is 19.4. The lowest BCUT2D eigenvalue weighted by Crippen LogP contribution is -2.48. The highest BCUT2D eigenvalue weighted by molar-refractivity contribution is 5.76. The summed E-state index contributed by atoms with van der Waals surface area (Å²) in [6, 6.07) is 5.11. The van der Waals surface area contributed by atoms with Crippen LogP contribution in [-0.4, -0.2) is 43.0 Å². The van der Waals surface area contributed by atoms with Gasteiger partial charge in [0.25, 0.3) is 0 Å². The van der Waals surface area contributed by atoms with Gasteiger partial charge in [-0.1, -0.05) is 19.3 Å². The van der Waals surface area contributed by atoms with Gasteiger partial charge in [0.1, 0.15) is 0 Å². The first kappa shape index (κ1) is 22.0. The molecule has 0 unspecified atom stereocenters. The van der Waals surface area contributed by atoms with Crippen molar-refractivity contribution in [3.8, 4) is 0 Å². The van der Waals surface area contributed by atoms with Gasteiger partial charge in [-0.25, -0.2) is 0 Å². The molecule has 0 N–H and O–H groups in total. The topological polar surface area (TPSA) is 63.7 Å². The summed E-state index contributed by atoms with van der Waals surface area (Å²) < 4.78 is 37.9. The van der Waals surface area contributed by atoms with E-state index in [0.717, 1.165) is 43.5 Å². The Labute approximate surface area is 163 Å². The molecule has 0 saturated carbocycles. The molecule has 0 bridgehead atoms. The maximum atomic E-state index is 12.6. The summed E-state index contributed by atoms with van der Waals surface area (Å²) in [6.07, 6.45) is 0.242. The summed E-state index contributed by atoms with van der Waals surface area (Å²) in [5.74, 6) is -0.924. The minimum atomic E-state index is -4.34. The zero-order chi connectivity index (χ0) is 20.6. The van der Waals surface area contributed by atoms with Gasteiger partial charge in [0.05, 0.1) is 5.56 Å². The molecule has 1 fully saturated rings. The summed E-state index contributed by atoms with van der Waals surface area (Å²) in [5.41, 5.74) is 0.0707. The van der Waals surface area contributed by atoms with E-state index in [1.165, 1.54) is 12.1 Å². The molecule has 0 radical (unpaired) electrons. The third-order valence-corrected chi connectivity index (χ3v) is 4.96. The average Bonchev–Trinajstić information content (AvgIpc) is 2.66. The minimum Gasteiger partial charge on any atom is -0.550 e. The molecule has 0 atom stereocenters. The van der Waals surface area contributed by atoms with E-state index in [2.05, 4.69) is 0 Å². The number of alkyl halides is 3. The van der Waals surface area contributed by atoms with Crippen molar-refractivity contribution >= 4 is 17.6 Å². The van der Waals surface area contributed by atoms with Gasteiger partial charge in [-0.15, -0.1) is 0 Å². The predicted octanol–water partition coefficient (Wildman–Crippen LogP) is 2.83. The van der Waals surface area contributed by atoms with Crippen LogP contribution >= 0.6 is 0 Å². The Hall–Kier alpha value is -2.25. The van der Waals surface area contributed by atoms with E-state index in [-0.39, 0.29) is 12.3 Å². The summed E-state index contributed by atoms with van der Waals surface area (Å²) in [5, 5.41) is 10.3. The smallest absolute Gasteiger partial charge is 0.416 e. The van der Waals surface area contributed by atoms with E-state index in [0.29, 0.717) is 39.0 Å². The highest BCUT2D eigenvalue weighted by Crippen LogP contribution is 2.30. The van der Waals surface area contributed by atoms with Crippen LogP contribution in [0.1, 0.15) is 50.5 Å². The van der Waals surface area contributed by atoms with Gasteiger partial charge in [0.15, 0.2) is 0 Å². The Morgan fingerprint density at radius 1 is 0.857 bits per heavy atom. The van der Waals surface area contributed by atoms with Crippen molar-refractivity contribution in [2.24, 2.45) is 0 Å². The third kappa shape index (κ3) is 7.05. The van der Waals surface area contributed by atoms with Crippen LogP contribution in [0, 0.1) is 0 Å². The molecule has 1 aromatic rings. The van der Waals surface area contributed by atoms with E-state index < -0.39 is 17.7 Å². The van der Waals surface area contributed by atoms with Gasteiger partial charge in [-0.05, 0) is 43.5 Å². The molecule has 156 valence electrons. The van der Waals surface area contributed by atoms with Gasteiger partial charge >= 0.3 is 6.18 Å². The molecule has 0 aliphatic carbocycles. The molecule has 1 aliphatic rings. The van der Waals surface area contributed by atoms with Crippen LogP contribution in [0.3, 0.4) is 0 Å². The molecule has 2 rings (SSSR count). The van der Waals surface area contributed by atoms with Gasteiger partial charge < -0.3 is 19.7 Å². The van der Waals surface area contributed by atoms with Crippen LogP contribution in [0.15, 0.2) is 24.3 Å². The fourth-order valence-corrected chi connectivity index (χ4v) is 3.31. The molecule has 1 aliphatic heterocycles. The number of carbonyl (C=O) groups excluding carboxylic acids is 2. The number of carbonyl (C=O) groups is 2. The van der Waals surface area contributed by atoms with Crippen molar-refractivity contribution in [3.63, 3.8) is 0 Å². The summed E-state index contributed by atoms with van der Waals surface area (Å²) in [6.45, 7) is 2.32. The van der Waals surface area contributed by atoms with Crippen LogP contribution < -0.4 is 10.0 Å². The molecular formula is C20H26F3N2O3-. The van der Waals surface area contributed by atoms with Gasteiger partial charge in [0.2, 0.25) is 5.91 Å². The maximum Gasteiger partial charge on any atom is 0.416 e. The second-order valence-electron chi connectivity index (χ2n) is 7.05. The van der Waals surface area contributed by atoms with Gasteiger partial charge in [-0.3, -0.25) is 4.79 Å². The molecule has 8 heteroatoms. The third-order valence-electron chi connectivity index (χ3n) is 4.96. The van der Waals surface area contributed by atoms with E-state index in [9.17, 15) is 27.9 Å². The second kappa shape index (κ2) is 10.3. The Morgan fingerprint density at radius 2 is 1.39 bits per heavy atom. The fourth-order valence-electron chi connectivity index (χ4n) is 3.31. The summed E-state index contributed by atoms with van der Waals surface area (Å²) in [4.78, 5) is 26.4. The number of unbranched alkanes of at least 4 members (excludes halogenated alkanes) is 4. The minimum absolute atomic E-state index is 0.0855. The van der Waals surface area contributed by atoms with Crippen molar-refractivity contribution < 1.29 is 27.9 Å². The standard InChI is InChI=1S/C20H27F3N2O3/c21-20(22,23)16-8-10-17(11-9-16)24-12-14-25(15-13-24)18(26)6-4-2-1-3-5-7-19(27)28/h8-11H,1-7,12-15H2,(H,27,28)/p-1. The number of piperazine rings is 1. The monoisotopic (exact) mass is 399 g/mol. The molecule has 1 amide bonds. The van der Waals surface area contributed by atoms with Crippen molar-refractivity contribution in [1.29, 1.82) is 0 Å². The summed E-state index contributed by atoms with van der Waals surface area (Å²) in [7, 11) is 0. The Balaban J connectivity index is 1.66. The first-order chi connectivity index (χ1) is 13.3. The molecule has 1 heterocycles. The number of carboxylic acid groups (broad SMARTS) is 1. The first-order valence-corrected chi connectivity index (χ1v) is 9.67. The lowest BCUT2D eigenvalue weighted by molar-refractivity contribution is -0.305. The van der Waals surface area contributed by atoms with Gasteiger partial charge in [0, 0.05) is 44.3 Å². The van der Waals surface area contributed by atoms with E-state index in [1.54, 1.807) is 4.90 Å². The number of hydrogen-bond acceptors (Lipinski definition) is 4. The highest BCUT2D eigenvalue weighted by Gasteiger charge is 2.30. The Morgan fingerprint density at radius 3 is 1.93 bits per heavy atom. The van der Waals surface area contributed by atoms with E-state index in [4.69, 9.17) is 0 Å². The van der Waals surface area contributed by atoms with Crippen molar-refractivity contribution in [1.82, 2.24) is 4.90 Å². The molecule has 0 spiro atoms. The van der Waals surface area contributed by atoms with Gasteiger partial charge in [-0.2, -0.15) is 13.2 Å². The zero-order valence-corrected chi connectivity index (χ0v) is 15.8. The van der Waals surface area contributed by atoms with Crippen LogP contribution in [0.4, 0.5) is 18.9 Å².